The smallest absolute Gasteiger partial charge is 0.164 e. The van der Waals surface area contributed by atoms with Gasteiger partial charge in [0.15, 0.2) is 5.78 Å². The van der Waals surface area contributed by atoms with Gasteiger partial charge in [0.05, 0.1) is 5.69 Å². The molecule has 168 valence electrons. The third-order valence-corrected chi connectivity index (χ3v) is 5.89. The molecule has 33 heavy (non-hydrogen) atoms. The Morgan fingerprint density at radius 3 is 2.73 bits per heavy atom. The maximum absolute atomic E-state index is 14.3. The number of hydrogen-bond donors (Lipinski definition) is 0. The number of aromatic nitrogens is 6. The maximum atomic E-state index is 14.3. The van der Waals surface area contributed by atoms with E-state index in [1.54, 1.807) is 60.5 Å². The van der Waals surface area contributed by atoms with Crippen LogP contribution in [0.3, 0.4) is 0 Å². The van der Waals surface area contributed by atoms with Crippen LogP contribution in [0.4, 0.5) is 4.39 Å². The summed E-state index contributed by atoms with van der Waals surface area (Å²) in [5.41, 5.74) is 2.71. The SMILES string of the molecule is Cc1nnn(-c2ccccc2F)c1-c1cn(-c2ccc(C(=O)CC3CCOCC3)cn2)cn1. The van der Waals surface area contributed by atoms with Crippen LogP contribution in [0.25, 0.3) is 22.9 Å². The van der Waals surface area contributed by atoms with Crippen molar-refractivity contribution in [3.8, 4) is 22.9 Å². The molecule has 4 aromatic rings. The van der Waals surface area contributed by atoms with Crippen LogP contribution >= 0.6 is 0 Å². The Morgan fingerprint density at radius 1 is 1.15 bits per heavy atom. The number of benzene rings is 1. The third kappa shape index (κ3) is 4.31. The van der Waals surface area contributed by atoms with Gasteiger partial charge in [-0.05, 0) is 49.9 Å². The van der Waals surface area contributed by atoms with Crippen molar-refractivity contribution in [3.05, 3.63) is 72.2 Å². The molecule has 0 radical (unpaired) electrons. The minimum atomic E-state index is -0.397. The zero-order valence-corrected chi connectivity index (χ0v) is 18.2. The molecule has 1 aromatic carbocycles. The van der Waals surface area contributed by atoms with E-state index in [4.69, 9.17) is 4.74 Å². The molecule has 1 aliphatic rings. The number of pyridine rings is 1. The molecule has 0 atom stereocenters. The van der Waals surface area contributed by atoms with Gasteiger partial charge < -0.3 is 4.74 Å². The predicted octanol–water partition coefficient (Wildman–Crippen LogP) is 3.96. The number of halogens is 1. The molecule has 0 aliphatic carbocycles. The van der Waals surface area contributed by atoms with Crippen LogP contribution in [0.5, 0.6) is 0 Å². The molecule has 0 saturated carbocycles. The Labute approximate surface area is 190 Å². The summed E-state index contributed by atoms with van der Waals surface area (Å²) in [6.07, 6.45) is 7.38. The number of ketones is 1. The largest absolute Gasteiger partial charge is 0.381 e. The molecule has 9 heteroatoms. The fraction of sp³-hybridized carbons (Fsp3) is 0.292. The van der Waals surface area contributed by atoms with Crippen LogP contribution in [-0.2, 0) is 4.74 Å². The van der Waals surface area contributed by atoms with Crippen LogP contribution in [0, 0.1) is 18.7 Å². The number of ether oxygens (including phenoxy) is 1. The maximum Gasteiger partial charge on any atom is 0.164 e. The molecule has 1 fully saturated rings. The summed E-state index contributed by atoms with van der Waals surface area (Å²) in [5.74, 6) is 0.700. The van der Waals surface area contributed by atoms with Gasteiger partial charge in [0.2, 0.25) is 0 Å². The topological polar surface area (TPSA) is 87.7 Å². The quantitative estimate of drug-likeness (QED) is 0.417. The average Bonchev–Trinajstić information content (AvgIpc) is 3.47. The molecule has 8 nitrogen and oxygen atoms in total. The van der Waals surface area contributed by atoms with Gasteiger partial charge >= 0.3 is 0 Å². The molecule has 1 aliphatic heterocycles. The fourth-order valence-corrected chi connectivity index (χ4v) is 4.05. The minimum absolute atomic E-state index is 0.0998. The second-order valence-electron chi connectivity index (χ2n) is 8.14. The Bertz CT molecular complexity index is 1270. The van der Waals surface area contributed by atoms with Crippen molar-refractivity contribution >= 4 is 5.78 Å². The lowest BCUT2D eigenvalue weighted by Crippen LogP contribution is -2.18. The van der Waals surface area contributed by atoms with Crippen molar-refractivity contribution in [2.75, 3.05) is 13.2 Å². The zero-order valence-electron chi connectivity index (χ0n) is 18.2. The van der Waals surface area contributed by atoms with E-state index in [2.05, 4.69) is 20.3 Å². The highest BCUT2D eigenvalue weighted by Crippen LogP contribution is 2.25. The van der Waals surface area contributed by atoms with Crippen LogP contribution < -0.4 is 0 Å². The molecule has 4 heterocycles. The number of rotatable bonds is 6. The van der Waals surface area contributed by atoms with E-state index in [1.807, 2.05) is 0 Å². The van der Waals surface area contributed by atoms with Crippen LogP contribution in [0.2, 0.25) is 0 Å². The lowest BCUT2D eigenvalue weighted by Gasteiger charge is -2.21. The predicted molar refractivity (Wildman–Crippen MR) is 119 cm³/mol. The van der Waals surface area contributed by atoms with Gasteiger partial charge in [0.1, 0.15) is 35.0 Å². The lowest BCUT2D eigenvalue weighted by atomic mass is 9.92. The summed E-state index contributed by atoms with van der Waals surface area (Å²) < 4.78 is 22.9. The number of hydrogen-bond acceptors (Lipinski definition) is 6. The molecule has 0 amide bonds. The summed E-state index contributed by atoms with van der Waals surface area (Å²) >= 11 is 0. The van der Waals surface area contributed by atoms with Crippen molar-refractivity contribution in [2.45, 2.75) is 26.2 Å². The van der Waals surface area contributed by atoms with Gasteiger partial charge in [0.25, 0.3) is 0 Å². The molecule has 0 spiro atoms. The Balaban J connectivity index is 1.37. The third-order valence-electron chi connectivity index (χ3n) is 5.89. The van der Waals surface area contributed by atoms with E-state index in [9.17, 15) is 9.18 Å². The second-order valence-corrected chi connectivity index (χ2v) is 8.14. The average molecular weight is 446 g/mol. The highest BCUT2D eigenvalue weighted by molar-refractivity contribution is 5.96. The van der Waals surface area contributed by atoms with E-state index >= 15 is 0 Å². The first-order chi connectivity index (χ1) is 16.1. The lowest BCUT2D eigenvalue weighted by molar-refractivity contribution is 0.0601. The molecule has 1 saturated heterocycles. The summed E-state index contributed by atoms with van der Waals surface area (Å²) in [7, 11) is 0. The zero-order chi connectivity index (χ0) is 22.8. The van der Waals surface area contributed by atoms with Gasteiger partial charge in [-0.1, -0.05) is 17.3 Å². The van der Waals surface area contributed by atoms with E-state index in [0.717, 1.165) is 26.1 Å². The number of Topliss-reactive ketones (excluding diaryl/α,β-unsaturated/α-hetero) is 1. The first-order valence-electron chi connectivity index (χ1n) is 10.9. The number of carbonyl (C=O) groups is 1. The van der Waals surface area contributed by atoms with Crippen molar-refractivity contribution in [2.24, 2.45) is 5.92 Å². The monoisotopic (exact) mass is 446 g/mol. The summed E-state index contributed by atoms with van der Waals surface area (Å²) in [5, 5.41) is 8.21. The summed E-state index contributed by atoms with van der Waals surface area (Å²) in [6.45, 7) is 3.25. The molecular weight excluding hydrogens is 423 g/mol. The van der Waals surface area contributed by atoms with Crippen molar-refractivity contribution in [1.29, 1.82) is 0 Å². The number of aryl methyl sites for hydroxylation is 1. The van der Waals surface area contributed by atoms with Gasteiger partial charge in [-0.15, -0.1) is 5.10 Å². The first kappa shape index (κ1) is 21.1. The van der Waals surface area contributed by atoms with Gasteiger partial charge in [0, 0.05) is 37.6 Å². The van der Waals surface area contributed by atoms with E-state index in [-0.39, 0.29) is 5.78 Å². The van der Waals surface area contributed by atoms with E-state index < -0.39 is 5.82 Å². The van der Waals surface area contributed by atoms with Gasteiger partial charge in [-0.25, -0.2) is 19.0 Å². The van der Waals surface area contributed by atoms with Crippen molar-refractivity contribution < 1.29 is 13.9 Å². The molecule has 0 N–H and O–H groups in total. The standard InChI is InChI=1S/C24H23FN6O2/c1-16-24(31(29-28-16)21-5-3-2-4-19(21)25)20-14-30(15-27-20)23-7-6-18(13-26-23)22(32)12-17-8-10-33-11-9-17/h2-7,13-15,17H,8-12H2,1H3. The number of para-hydroxylation sites is 1. The van der Waals surface area contributed by atoms with Crippen LogP contribution in [-0.4, -0.2) is 48.5 Å². The molecule has 0 unspecified atom stereocenters. The van der Waals surface area contributed by atoms with Crippen LogP contribution in [0.15, 0.2) is 55.1 Å². The van der Waals surface area contributed by atoms with Gasteiger partial charge in [-0.2, -0.15) is 0 Å². The highest BCUT2D eigenvalue weighted by Gasteiger charge is 2.20. The second kappa shape index (κ2) is 9.03. The Morgan fingerprint density at radius 2 is 1.97 bits per heavy atom. The van der Waals surface area contributed by atoms with Crippen molar-refractivity contribution in [1.82, 2.24) is 29.5 Å². The molecule has 0 bridgehead atoms. The minimum Gasteiger partial charge on any atom is -0.381 e. The molecule has 3 aromatic heterocycles. The van der Waals surface area contributed by atoms with E-state index in [0.29, 0.717) is 46.5 Å². The highest BCUT2D eigenvalue weighted by atomic mass is 19.1. The number of nitrogens with zero attached hydrogens (tertiary/aromatic N) is 6. The van der Waals surface area contributed by atoms with Gasteiger partial charge in [-0.3, -0.25) is 9.36 Å². The Hall–Kier alpha value is -3.72. The number of imidazole rings is 1. The van der Waals surface area contributed by atoms with Crippen LogP contribution in [0.1, 0.15) is 35.3 Å². The number of carbonyl (C=O) groups excluding carboxylic acids is 1. The molecule has 5 rings (SSSR count). The van der Waals surface area contributed by atoms with E-state index in [1.165, 1.54) is 10.7 Å². The summed E-state index contributed by atoms with van der Waals surface area (Å²) in [6, 6.07) is 9.97. The van der Waals surface area contributed by atoms with Crippen molar-refractivity contribution in [3.63, 3.8) is 0 Å². The fourth-order valence-electron chi connectivity index (χ4n) is 4.05. The molecular formula is C24H23FN6O2. The Kier molecular flexibility index (Phi) is 5.78. The normalized spacial score (nSPS) is 14.5. The summed E-state index contributed by atoms with van der Waals surface area (Å²) in [4.78, 5) is 21.5. The first-order valence-corrected chi connectivity index (χ1v) is 10.9.